The van der Waals surface area contributed by atoms with Crippen molar-refractivity contribution < 1.29 is 0 Å². The molecule has 1 aromatic rings. The lowest BCUT2D eigenvalue weighted by Gasteiger charge is -2.43. The zero-order chi connectivity index (χ0) is 13.0. The van der Waals surface area contributed by atoms with Crippen molar-refractivity contribution in [3.8, 4) is 0 Å². The van der Waals surface area contributed by atoms with Gasteiger partial charge in [0.15, 0.2) is 0 Å². The maximum absolute atomic E-state index is 3.84. The van der Waals surface area contributed by atoms with Crippen LogP contribution >= 0.6 is 0 Å². The third kappa shape index (κ3) is 3.29. The van der Waals surface area contributed by atoms with Crippen molar-refractivity contribution in [2.75, 3.05) is 26.2 Å². The van der Waals surface area contributed by atoms with Crippen LogP contribution in [0.1, 0.15) is 27.2 Å². The van der Waals surface area contributed by atoms with Crippen LogP contribution in [0.5, 0.6) is 0 Å². The second kappa shape index (κ2) is 6.29. The van der Waals surface area contributed by atoms with Gasteiger partial charge in [-0.05, 0) is 20.3 Å². The molecule has 1 aliphatic heterocycles. The summed E-state index contributed by atoms with van der Waals surface area (Å²) in [7, 11) is 0. The van der Waals surface area contributed by atoms with Crippen molar-refractivity contribution >= 4 is 0 Å². The van der Waals surface area contributed by atoms with Gasteiger partial charge in [0.2, 0.25) is 0 Å². The number of piperazine rings is 1. The highest BCUT2D eigenvalue weighted by Crippen LogP contribution is 2.15. The summed E-state index contributed by atoms with van der Waals surface area (Å²) in [5.41, 5.74) is 0. The minimum absolute atomic E-state index is 0.662. The average molecular weight is 251 g/mol. The van der Waals surface area contributed by atoms with E-state index in [-0.39, 0.29) is 0 Å². The number of hydrogen-bond donors (Lipinski definition) is 0. The van der Waals surface area contributed by atoms with Gasteiger partial charge in [-0.3, -0.25) is 9.80 Å². The van der Waals surface area contributed by atoms with E-state index in [9.17, 15) is 0 Å². The molecule has 0 saturated carbocycles. The third-order valence-corrected chi connectivity index (χ3v) is 3.89. The molecule has 102 valence electrons. The van der Waals surface area contributed by atoms with Crippen LogP contribution in [0.2, 0.25) is 0 Å². The molecule has 0 spiro atoms. The fourth-order valence-corrected chi connectivity index (χ4v) is 2.77. The van der Waals surface area contributed by atoms with E-state index in [0.29, 0.717) is 12.1 Å². The van der Waals surface area contributed by atoms with Crippen molar-refractivity contribution in [3.63, 3.8) is 0 Å². The SMILES string of the molecule is CCC1CN(CCn2cnnc2)CCN1C(C)C. The van der Waals surface area contributed by atoms with Crippen LogP contribution in [-0.2, 0) is 6.54 Å². The molecule has 0 bridgehead atoms. The van der Waals surface area contributed by atoms with Gasteiger partial charge in [0.25, 0.3) is 0 Å². The summed E-state index contributed by atoms with van der Waals surface area (Å²) in [4.78, 5) is 5.20. The van der Waals surface area contributed by atoms with E-state index in [0.717, 1.165) is 13.1 Å². The van der Waals surface area contributed by atoms with Gasteiger partial charge >= 0.3 is 0 Å². The van der Waals surface area contributed by atoms with Crippen molar-refractivity contribution in [2.45, 2.75) is 45.8 Å². The van der Waals surface area contributed by atoms with Gasteiger partial charge in [0.1, 0.15) is 12.7 Å². The predicted octanol–water partition coefficient (Wildman–Crippen LogP) is 1.08. The number of rotatable bonds is 5. The molecular weight excluding hydrogens is 226 g/mol. The lowest BCUT2D eigenvalue weighted by Crippen LogP contribution is -2.55. The van der Waals surface area contributed by atoms with Gasteiger partial charge in [0, 0.05) is 44.8 Å². The maximum Gasteiger partial charge on any atom is 0.119 e. The average Bonchev–Trinajstić information content (AvgIpc) is 2.88. The molecule has 1 aliphatic rings. The van der Waals surface area contributed by atoms with E-state index in [1.165, 1.54) is 26.1 Å². The topological polar surface area (TPSA) is 37.2 Å². The smallest absolute Gasteiger partial charge is 0.119 e. The highest BCUT2D eigenvalue weighted by molar-refractivity contribution is 4.83. The first-order chi connectivity index (χ1) is 8.70. The molecule has 1 aromatic heterocycles. The minimum Gasteiger partial charge on any atom is -0.319 e. The molecule has 0 aromatic carbocycles. The van der Waals surface area contributed by atoms with E-state index in [2.05, 4.69) is 45.3 Å². The Kier molecular flexibility index (Phi) is 4.72. The fraction of sp³-hybridized carbons (Fsp3) is 0.846. The monoisotopic (exact) mass is 251 g/mol. The quantitative estimate of drug-likeness (QED) is 0.785. The molecule has 2 heterocycles. The molecule has 0 aliphatic carbocycles. The van der Waals surface area contributed by atoms with Crippen molar-refractivity contribution in [3.05, 3.63) is 12.7 Å². The Morgan fingerprint density at radius 2 is 1.89 bits per heavy atom. The fourth-order valence-electron chi connectivity index (χ4n) is 2.77. The van der Waals surface area contributed by atoms with Crippen molar-refractivity contribution in [2.24, 2.45) is 0 Å². The van der Waals surface area contributed by atoms with Crippen molar-refractivity contribution in [1.29, 1.82) is 0 Å². The first-order valence-electron chi connectivity index (χ1n) is 7.01. The van der Waals surface area contributed by atoms with Gasteiger partial charge in [-0.15, -0.1) is 10.2 Å². The Bertz CT molecular complexity index is 335. The second-order valence-corrected chi connectivity index (χ2v) is 5.39. The molecule has 18 heavy (non-hydrogen) atoms. The van der Waals surface area contributed by atoms with E-state index in [4.69, 9.17) is 0 Å². The largest absolute Gasteiger partial charge is 0.319 e. The summed E-state index contributed by atoms with van der Waals surface area (Å²) in [6.07, 6.45) is 4.82. The van der Waals surface area contributed by atoms with Crippen LogP contribution < -0.4 is 0 Å². The standard InChI is InChI=1S/C13H25N5/c1-4-13-9-16(7-8-18(13)12(2)3)5-6-17-10-14-15-11-17/h10-13H,4-9H2,1-3H3. The van der Waals surface area contributed by atoms with Crippen LogP contribution in [0, 0.1) is 0 Å². The molecule has 0 N–H and O–H groups in total. The van der Waals surface area contributed by atoms with Gasteiger partial charge < -0.3 is 4.57 Å². The summed E-state index contributed by atoms with van der Waals surface area (Å²) >= 11 is 0. The second-order valence-electron chi connectivity index (χ2n) is 5.39. The molecule has 1 saturated heterocycles. The highest BCUT2D eigenvalue weighted by Gasteiger charge is 2.26. The van der Waals surface area contributed by atoms with E-state index in [1.54, 1.807) is 12.7 Å². The normalized spacial score (nSPS) is 22.8. The van der Waals surface area contributed by atoms with Crippen LogP contribution in [0.3, 0.4) is 0 Å². The van der Waals surface area contributed by atoms with E-state index >= 15 is 0 Å². The summed E-state index contributed by atoms with van der Waals surface area (Å²) in [5.74, 6) is 0. The molecule has 0 amide bonds. The Morgan fingerprint density at radius 3 is 2.50 bits per heavy atom. The number of nitrogens with zero attached hydrogens (tertiary/aromatic N) is 5. The molecule has 0 radical (unpaired) electrons. The van der Waals surface area contributed by atoms with Crippen molar-refractivity contribution in [1.82, 2.24) is 24.6 Å². The third-order valence-electron chi connectivity index (χ3n) is 3.89. The summed E-state index contributed by atoms with van der Waals surface area (Å²) in [6.45, 7) is 12.5. The highest BCUT2D eigenvalue weighted by atomic mass is 15.3. The predicted molar refractivity (Wildman–Crippen MR) is 72.4 cm³/mol. The molecule has 1 atom stereocenters. The molecular formula is C13H25N5. The maximum atomic E-state index is 3.84. The van der Waals surface area contributed by atoms with Crippen LogP contribution in [0.25, 0.3) is 0 Å². The molecule has 1 unspecified atom stereocenters. The van der Waals surface area contributed by atoms with Crippen LogP contribution in [-0.4, -0.2) is 62.8 Å². The summed E-state index contributed by atoms with van der Waals surface area (Å²) in [5, 5.41) is 7.68. The minimum atomic E-state index is 0.662. The Hall–Kier alpha value is -0.940. The van der Waals surface area contributed by atoms with E-state index < -0.39 is 0 Å². The zero-order valence-corrected chi connectivity index (χ0v) is 11.8. The summed E-state index contributed by atoms with van der Waals surface area (Å²) < 4.78 is 2.05. The Morgan fingerprint density at radius 1 is 1.17 bits per heavy atom. The molecule has 2 rings (SSSR count). The molecule has 5 nitrogen and oxygen atoms in total. The van der Waals surface area contributed by atoms with Gasteiger partial charge in [0.05, 0.1) is 0 Å². The Labute approximate surface area is 110 Å². The lowest BCUT2D eigenvalue weighted by atomic mass is 10.1. The molecule has 5 heteroatoms. The first-order valence-corrected chi connectivity index (χ1v) is 7.01. The van der Waals surface area contributed by atoms with E-state index in [1.807, 2.05) is 0 Å². The van der Waals surface area contributed by atoms with Gasteiger partial charge in [-0.25, -0.2) is 0 Å². The molecule has 1 fully saturated rings. The van der Waals surface area contributed by atoms with Gasteiger partial charge in [-0.2, -0.15) is 0 Å². The zero-order valence-electron chi connectivity index (χ0n) is 11.8. The van der Waals surface area contributed by atoms with Gasteiger partial charge in [-0.1, -0.05) is 6.92 Å². The van der Waals surface area contributed by atoms with Crippen LogP contribution in [0.15, 0.2) is 12.7 Å². The number of aromatic nitrogens is 3. The first kappa shape index (κ1) is 13.5. The Balaban J connectivity index is 1.82. The lowest BCUT2D eigenvalue weighted by molar-refractivity contribution is 0.0478. The number of hydrogen-bond acceptors (Lipinski definition) is 4. The van der Waals surface area contributed by atoms with Crippen LogP contribution in [0.4, 0.5) is 0 Å². The summed E-state index contributed by atoms with van der Waals surface area (Å²) in [6, 6.07) is 1.37.